The second-order valence-corrected chi connectivity index (χ2v) is 8.26. The van der Waals surface area contributed by atoms with Crippen molar-refractivity contribution in [1.29, 1.82) is 0 Å². The van der Waals surface area contributed by atoms with Gasteiger partial charge in [0.25, 0.3) is 17.5 Å². The normalized spacial score (nSPS) is 11.1. The molecule has 0 radical (unpaired) electrons. The van der Waals surface area contributed by atoms with E-state index in [2.05, 4.69) is 15.5 Å². The van der Waals surface area contributed by atoms with Crippen molar-refractivity contribution in [3.05, 3.63) is 83.0 Å². The van der Waals surface area contributed by atoms with Crippen LogP contribution < -0.4 is 5.32 Å². The molecule has 168 valence electrons. The maximum atomic E-state index is 13.1. The Kier molecular flexibility index (Phi) is 6.22. The summed E-state index contributed by atoms with van der Waals surface area (Å²) < 4.78 is 5.36. The number of carbonyl (C=O) groups is 2. The molecule has 33 heavy (non-hydrogen) atoms. The number of fused-ring (bicyclic) bond motifs is 1. The molecule has 2 aromatic heterocycles. The van der Waals surface area contributed by atoms with Gasteiger partial charge in [-0.25, -0.2) is 4.98 Å². The van der Waals surface area contributed by atoms with Crippen LogP contribution in [-0.4, -0.2) is 39.9 Å². The van der Waals surface area contributed by atoms with Gasteiger partial charge < -0.3 is 14.7 Å². The summed E-state index contributed by atoms with van der Waals surface area (Å²) in [5.41, 5.74) is 4.43. The second-order valence-electron chi connectivity index (χ2n) is 8.26. The molecular formula is C26H26N4O3. The first-order valence-electron chi connectivity index (χ1n) is 10.8. The summed E-state index contributed by atoms with van der Waals surface area (Å²) in [5, 5.41) is 7.55. The smallest absolute Gasteiger partial charge is 0.259 e. The monoisotopic (exact) mass is 442 g/mol. The lowest BCUT2D eigenvalue weighted by Gasteiger charge is -2.21. The van der Waals surface area contributed by atoms with E-state index in [1.165, 1.54) is 0 Å². The van der Waals surface area contributed by atoms with Gasteiger partial charge in [0.05, 0.1) is 22.3 Å². The Morgan fingerprint density at radius 3 is 2.42 bits per heavy atom. The second kappa shape index (κ2) is 9.24. The standard InChI is InChI=1S/C26H26N4O3/c1-16(2)30(4)26(32)20-12-10-18(11-13-20)15-27-24(31)21-14-22(19-8-6-5-7-9-19)28-25-23(21)17(3)29-33-25/h5-14,16H,15H2,1-4H3,(H,27,31). The van der Waals surface area contributed by atoms with Gasteiger partial charge in [-0.1, -0.05) is 47.6 Å². The molecule has 7 heteroatoms. The van der Waals surface area contributed by atoms with Gasteiger partial charge in [0.1, 0.15) is 0 Å². The molecule has 0 fully saturated rings. The molecule has 2 amide bonds. The van der Waals surface area contributed by atoms with Crippen LogP contribution in [-0.2, 0) is 6.54 Å². The lowest BCUT2D eigenvalue weighted by molar-refractivity contribution is 0.0754. The number of rotatable bonds is 6. The van der Waals surface area contributed by atoms with E-state index in [9.17, 15) is 9.59 Å². The van der Waals surface area contributed by atoms with Crippen LogP contribution in [0.4, 0.5) is 0 Å². The average molecular weight is 443 g/mol. The van der Waals surface area contributed by atoms with E-state index < -0.39 is 0 Å². The van der Waals surface area contributed by atoms with Crippen molar-refractivity contribution in [2.75, 3.05) is 7.05 Å². The zero-order valence-electron chi connectivity index (χ0n) is 19.1. The molecule has 0 saturated heterocycles. The highest BCUT2D eigenvalue weighted by Crippen LogP contribution is 2.27. The van der Waals surface area contributed by atoms with Crippen LogP contribution in [0, 0.1) is 6.92 Å². The average Bonchev–Trinajstić information content (AvgIpc) is 3.22. The highest BCUT2D eigenvalue weighted by atomic mass is 16.5. The molecule has 0 bridgehead atoms. The van der Waals surface area contributed by atoms with Crippen molar-refractivity contribution >= 4 is 22.9 Å². The van der Waals surface area contributed by atoms with Crippen LogP contribution in [0.5, 0.6) is 0 Å². The summed E-state index contributed by atoms with van der Waals surface area (Å²) in [6.45, 7) is 6.05. The number of pyridine rings is 1. The summed E-state index contributed by atoms with van der Waals surface area (Å²) >= 11 is 0. The molecule has 0 spiro atoms. The van der Waals surface area contributed by atoms with E-state index >= 15 is 0 Å². The Labute approximate surface area is 192 Å². The lowest BCUT2D eigenvalue weighted by atomic mass is 10.0. The molecule has 0 atom stereocenters. The minimum atomic E-state index is -0.245. The first-order chi connectivity index (χ1) is 15.8. The highest BCUT2D eigenvalue weighted by Gasteiger charge is 2.19. The van der Waals surface area contributed by atoms with Gasteiger partial charge >= 0.3 is 0 Å². The minimum Gasteiger partial charge on any atom is -0.348 e. The minimum absolute atomic E-state index is 0.0314. The summed E-state index contributed by atoms with van der Waals surface area (Å²) in [5.74, 6) is -0.276. The predicted molar refractivity (Wildman–Crippen MR) is 127 cm³/mol. The van der Waals surface area contributed by atoms with E-state index in [1.807, 2.05) is 56.3 Å². The van der Waals surface area contributed by atoms with Crippen LogP contribution in [0.1, 0.15) is 45.8 Å². The van der Waals surface area contributed by atoms with Crippen LogP contribution in [0.3, 0.4) is 0 Å². The maximum absolute atomic E-state index is 13.1. The number of hydrogen-bond acceptors (Lipinski definition) is 5. The van der Waals surface area contributed by atoms with Crippen LogP contribution in [0.15, 0.2) is 65.2 Å². The zero-order valence-corrected chi connectivity index (χ0v) is 19.1. The van der Waals surface area contributed by atoms with Crippen molar-refractivity contribution in [3.8, 4) is 11.3 Å². The third-order valence-corrected chi connectivity index (χ3v) is 5.68. The van der Waals surface area contributed by atoms with Gasteiger partial charge in [0, 0.05) is 30.8 Å². The summed E-state index contributed by atoms with van der Waals surface area (Å²) in [4.78, 5) is 31.8. The molecule has 1 N–H and O–H groups in total. The number of hydrogen-bond donors (Lipinski definition) is 1. The summed E-state index contributed by atoms with van der Waals surface area (Å²) in [6.07, 6.45) is 0. The molecule has 4 aromatic rings. The topological polar surface area (TPSA) is 88.3 Å². The van der Waals surface area contributed by atoms with Gasteiger partial charge in [-0.05, 0) is 44.5 Å². The number of carbonyl (C=O) groups excluding carboxylic acids is 2. The first-order valence-corrected chi connectivity index (χ1v) is 10.8. The quantitative estimate of drug-likeness (QED) is 0.471. The highest BCUT2D eigenvalue weighted by molar-refractivity contribution is 6.07. The van der Waals surface area contributed by atoms with Gasteiger partial charge in [0.2, 0.25) is 0 Å². The number of benzene rings is 2. The third kappa shape index (κ3) is 4.62. The fraction of sp³-hybridized carbons (Fsp3) is 0.231. The van der Waals surface area contributed by atoms with Gasteiger partial charge in [0.15, 0.2) is 0 Å². The van der Waals surface area contributed by atoms with Crippen LogP contribution >= 0.6 is 0 Å². The Morgan fingerprint density at radius 1 is 1.06 bits per heavy atom. The zero-order chi connectivity index (χ0) is 23.5. The van der Waals surface area contributed by atoms with Crippen molar-refractivity contribution in [2.24, 2.45) is 0 Å². The molecule has 0 unspecified atom stereocenters. The predicted octanol–water partition coefficient (Wildman–Crippen LogP) is 4.61. The molecular weight excluding hydrogens is 416 g/mol. The van der Waals surface area contributed by atoms with E-state index in [4.69, 9.17) is 4.52 Å². The van der Waals surface area contributed by atoms with E-state index in [-0.39, 0.29) is 17.9 Å². The van der Waals surface area contributed by atoms with Crippen LogP contribution in [0.25, 0.3) is 22.4 Å². The first kappa shape index (κ1) is 22.2. The summed E-state index contributed by atoms with van der Waals surface area (Å²) in [6, 6.07) is 18.8. The molecule has 0 aliphatic carbocycles. The van der Waals surface area contributed by atoms with E-state index in [0.717, 1.165) is 11.1 Å². The Hall–Kier alpha value is -4.00. The fourth-order valence-corrected chi connectivity index (χ4v) is 3.51. The Balaban J connectivity index is 1.55. The summed E-state index contributed by atoms with van der Waals surface area (Å²) in [7, 11) is 1.78. The molecule has 2 aromatic carbocycles. The third-order valence-electron chi connectivity index (χ3n) is 5.68. The van der Waals surface area contributed by atoms with Gasteiger partial charge in [-0.3, -0.25) is 9.59 Å². The molecule has 2 heterocycles. The fourth-order valence-electron chi connectivity index (χ4n) is 3.51. The lowest BCUT2D eigenvalue weighted by Crippen LogP contribution is -2.32. The van der Waals surface area contributed by atoms with Gasteiger partial charge in [-0.15, -0.1) is 0 Å². The molecule has 4 rings (SSSR count). The van der Waals surface area contributed by atoms with Crippen molar-refractivity contribution < 1.29 is 14.1 Å². The number of nitrogens with one attached hydrogen (secondary N) is 1. The largest absolute Gasteiger partial charge is 0.348 e. The number of aryl methyl sites for hydroxylation is 1. The Morgan fingerprint density at radius 2 is 1.76 bits per heavy atom. The molecule has 0 aliphatic rings. The van der Waals surface area contributed by atoms with Crippen LogP contribution in [0.2, 0.25) is 0 Å². The number of aromatic nitrogens is 2. The molecule has 0 saturated carbocycles. The number of nitrogens with zero attached hydrogens (tertiary/aromatic N) is 3. The maximum Gasteiger partial charge on any atom is 0.259 e. The number of amides is 2. The van der Waals surface area contributed by atoms with E-state index in [0.29, 0.717) is 40.2 Å². The molecule has 0 aliphatic heterocycles. The Bertz CT molecular complexity index is 1290. The molecule has 7 nitrogen and oxygen atoms in total. The van der Waals surface area contributed by atoms with Crippen molar-refractivity contribution in [3.63, 3.8) is 0 Å². The van der Waals surface area contributed by atoms with Crippen molar-refractivity contribution in [1.82, 2.24) is 20.4 Å². The van der Waals surface area contributed by atoms with E-state index in [1.54, 1.807) is 37.1 Å². The SMILES string of the molecule is Cc1noc2nc(-c3ccccc3)cc(C(=O)NCc3ccc(C(=O)N(C)C(C)C)cc3)c12. The van der Waals surface area contributed by atoms with Crippen molar-refractivity contribution in [2.45, 2.75) is 33.4 Å². The van der Waals surface area contributed by atoms with Gasteiger partial charge in [-0.2, -0.15) is 0 Å².